The molecule has 94 valence electrons. The fraction of sp³-hybridized carbons (Fsp3) is 0.412. The summed E-state index contributed by atoms with van der Waals surface area (Å²) in [6, 6.07) is 11.5. The Bertz CT molecular complexity index is 575. The maximum absolute atomic E-state index is 3.90. The van der Waals surface area contributed by atoms with Crippen molar-refractivity contribution in [2.24, 2.45) is 5.92 Å². The van der Waals surface area contributed by atoms with E-state index in [-0.39, 0.29) is 0 Å². The molecule has 0 amide bonds. The molecule has 0 spiro atoms. The first-order valence-electron chi connectivity index (χ1n) is 6.89. The van der Waals surface area contributed by atoms with Gasteiger partial charge in [0, 0.05) is 4.83 Å². The zero-order chi connectivity index (χ0) is 12.7. The number of alkyl halides is 1. The third-order valence-corrected chi connectivity index (χ3v) is 5.75. The van der Waals surface area contributed by atoms with Crippen molar-refractivity contribution >= 4 is 26.7 Å². The molecular formula is C17H19Br. The Labute approximate surface area is 118 Å². The van der Waals surface area contributed by atoms with E-state index < -0.39 is 0 Å². The van der Waals surface area contributed by atoms with Crippen LogP contribution in [-0.2, 0) is 12.8 Å². The molecule has 0 radical (unpaired) electrons. The minimum Gasteiger partial charge on any atom is -0.0836 e. The molecule has 2 aromatic rings. The van der Waals surface area contributed by atoms with Crippen LogP contribution in [0.4, 0.5) is 0 Å². The standard InChI is InChI=1S/C17H19Br/c1-3-11(2)17(18)15-10-9-13-8-7-12-5-4-6-14(15)16(12)13/h4-6,9-11,17H,3,7-8H2,1-2H3. The summed E-state index contributed by atoms with van der Waals surface area (Å²) >= 11 is 3.90. The summed E-state index contributed by atoms with van der Waals surface area (Å²) in [4.78, 5) is 0.465. The van der Waals surface area contributed by atoms with Gasteiger partial charge in [-0.15, -0.1) is 0 Å². The predicted molar refractivity (Wildman–Crippen MR) is 82.5 cm³/mol. The van der Waals surface area contributed by atoms with Gasteiger partial charge in [-0.05, 0) is 46.2 Å². The molecule has 0 nitrogen and oxygen atoms in total. The number of aryl methyl sites for hydroxylation is 2. The second-order valence-corrected chi connectivity index (χ2v) is 6.43. The molecule has 0 N–H and O–H groups in total. The molecule has 1 aliphatic carbocycles. The minimum atomic E-state index is 0.465. The van der Waals surface area contributed by atoms with Crippen LogP contribution in [0.15, 0.2) is 30.3 Å². The van der Waals surface area contributed by atoms with Crippen LogP contribution in [0.1, 0.15) is 41.8 Å². The molecule has 2 unspecified atom stereocenters. The van der Waals surface area contributed by atoms with Crippen LogP contribution in [0.2, 0.25) is 0 Å². The summed E-state index contributed by atoms with van der Waals surface area (Å²) < 4.78 is 0. The number of halogens is 1. The summed E-state index contributed by atoms with van der Waals surface area (Å²) in [5, 5.41) is 2.99. The maximum Gasteiger partial charge on any atom is 0.0426 e. The van der Waals surface area contributed by atoms with Crippen molar-refractivity contribution in [1.82, 2.24) is 0 Å². The van der Waals surface area contributed by atoms with E-state index in [1.165, 1.54) is 46.7 Å². The molecule has 1 heteroatoms. The zero-order valence-corrected chi connectivity index (χ0v) is 12.6. The van der Waals surface area contributed by atoms with Gasteiger partial charge in [-0.1, -0.05) is 66.5 Å². The van der Waals surface area contributed by atoms with E-state index in [1.54, 1.807) is 0 Å². The Hall–Kier alpha value is -0.820. The van der Waals surface area contributed by atoms with Gasteiger partial charge in [-0.25, -0.2) is 0 Å². The van der Waals surface area contributed by atoms with E-state index in [2.05, 4.69) is 60.1 Å². The number of hydrogen-bond acceptors (Lipinski definition) is 0. The van der Waals surface area contributed by atoms with Crippen molar-refractivity contribution in [2.75, 3.05) is 0 Å². The van der Waals surface area contributed by atoms with Gasteiger partial charge in [0.1, 0.15) is 0 Å². The number of hydrogen-bond donors (Lipinski definition) is 0. The van der Waals surface area contributed by atoms with Gasteiger partial charge >= 0.3 is 0 Å². The van der Waals surface area contributed by atoms with Gasteiger partial charge in [0.25, 0.3) is 0 Å². The first-order valence-corrected chi connectivity index (χ1v) is 7.81. The molecule has 2 aromatic carbocycles. The SMILES string of the molecule is CCC(C)C(Br)c1ccc2c3c(cccc13)CC2. The third-order valence-electron chi connectivity index (χ3n) is 4.35. The van der Waals surface area contributed by atoms with E-state index in [0.29, 0.717) is 10.7 Å². The molecule has 18 heavy (non-hydrogen) atoms. The summed E-state index contributed by atoms with van der Waals surface area (Å²) in [7, 11) is 0. The van der Waals surface area contributed by atoms with Gasteiger partial charge in [0.15, 0.2) is 0 Å². The highest BCUT2D eigenvalue weighted by Crippen LogP contribution is 2.40. The lowest BCUT2D eigenvalue weighted by molar-refractivity contribution is 0.557. The Morgan fingerprint density at radius 3 is 2.56 bits per heavy atom. The van der Waals surface area contributed by atoms with Gasteiger partial charge in [0.05, 0.1) is 0 Å². The van der Waals surface area contributed by atoms with Gasteiger partial charge < -0.3 is 0 Å². The molecule has 0 heterocycles. The van der Waals surface area contributed by atoms with Crippen molar-refractivity contribution in [2.45, 2.75) is 37.9 Å². The van der Waals surface area contributed by atoms with E-state index in [4.69, 9.17) is 0 Å². The van der Waals surface area contributed by atoms with Crippen LogP contribution in [0.25, 0.3) is 10.8 Å². The quantitative estimate of drug-likeness (QED) is 0.664. The van der Waals surface area contributed by atoms with Crippen LogP contribution in [-0.4, -0.2) is 0 Å². The molecule has 0 fully saturated rings. The second-order valence-electron chi connectivity index (χ2n) is 5.44. The van der Waals surface area contributed by atoms with Crippen molar-refractivity contribution in [3.05, 3.63) is 47.0 Å². The lowest BCUT2D eigenvalue weighted by Crippen LogP contribution is -2.03. The average molecular weight is 303 g/mol. The van der Waals surface area contributed by atoms with E-state index >= 15 is 0 Å². The molecule has 3 rings (SSSR count). The molecule has 0 aromatic heterocycles. The molecule has 2 atom stereocenters. The van der Waals surface area contributed by atoms with Crippen LogP contribution in [0.5, 0.6) is 0 Å². The maximum atomic E-state index is 3.90. The fourth-order valence-electron chi connectivity index (χ4n) is 3.02. The topological polar surface area (TPSA) is 0 Å². The molecule has 0 aliphatic heterocycles. The number of benzene rings is 2. The molecule has 0 saturated heterocycles. The van der Waals surface area contributed by atoms with Crippen LogP contribution < -0.4 is 0 Å². The van der Waals surface area contributed by atoms with Crippen molar-refractivity contribution in [3.63, 3.8) is 0 Å². The molecule has 0 bridgehead atoms. The van der Waals surface area contributed by atoms with Gasteiger partial charge in [-0.3, -0.25) is 0 Å². The van der Waals surface area contributed by atoms with E-state index in [1.807, 2.05) is 0 Å². The first kappa shape index (κ1) is 12.2. The fourth-order valence-corrected chi connectivity index (χ4v) is 3.80. The Balaban J connectivity index is 2.20. The molecule has 0 saturated carbocycles. The van der Waals surface area contributed by atoms with Crippen molar-refractivity contribution < 1.29 is 0 Å². The lowest BCUT2D eigenvalue weighted by Gasteiger charge is -2.19. The van der Waals surface area contributed by atoms with E-state index in [9.17, 15) is 0 Å². The van der Waals surface area contributed by atoms with Crippen LogP contribution in [0.3, 0.4) is 0 Å². The van der Waals surface area contributed by atoms with Gasteiger partial charge in [0.2, 0.25) is 0 Å². The van der Waals surface area contributed by atoms with Gasteiger partial charge in [-0.2, -0.15) is 0 Å². The second kappa shape index (κ2) is 4.70. The minimum absolute atomic E-state index is 0.465. The van der Waals surface area contributed by atoms with Crippen LogP contribution in [0, 0.1) is 5.92 Å². The Morgan fingerprint density at radius 2 is 1.83 bits per heavy atom. The highest BCUT2D eigenvalue weighted by molar-refractivity contribution is 9.09. The lowest BCUT2D eigenvalue weighted by atomic mass is 9.92. The predicted octanol–water partition coefficient (Wildman–Crippen LogP) is 5.42. The average Bonchev–Trinajstić information content (AvgIpc) is 2.83. The molecule has 1 aliphatic rings. The smallest absolute Gasteiger partial charge is 0.0426 e. The van der Waals surface area contributed by atoms with Crippen molar-refractivity contribution in [3.8, 4) is 0 Å². The summed E-state index contributed by atoms with van der Waals surface area (Å²) in [6.45, 7) is 4.58. The summed E-state index contributed by atoms with van der Waals surface area (Å²) in [5.41, 5.74) is 4.54. The monoisotopic (exact) mass is 302 g/mol. The zero-order valence-electron chi connectivity index (χ0n) is 11.0. The highest BCUT2D eigenvalue weighted by atomic mass is 79.9. The third kappa shape index (κ3) is 1.80. The largest absolute Gasteiger partial charge is 0.0836 e. The Kier molecular flexibility index (Phi) is 3.19. The summed E-state index contributed by atoms with van der Waals surface area (Å²) in [5.74, 6) is 0.670. The van der Waals surface area contributed by atoms with Crippen molar-refractivity contribution in [1.29, 1.82) is 0 Å². The van der Waals surface area contributed by atoms with Crippen LogP contribution >= 0.6 is 15.9 Å². The highest BCUT2D eigenvalue weighted by Gasteiger charge is 2.21. The normalized spacial score (nSPS) is 17.1. The molecular weight excluding hydrogens is 284 g/mol. The number of rotatable bonds is 3. The van der Waals surface area contributed by atoms with E-state index in [0.717, 1.165) is 0 Å². The summed E-state index contributed by atoms with van der Waals surface area (Å²) in [6.07, 6.45) is 3.64. The Morgan fingerprint density at radius 1 is 1.11 bits per heavy atom. The first-order chi connectivity index (χ1) is 8.72.